The SMILES string of the molecule is COc1ccc(CN(C(=O)CCSCc2ccccc2)[C@@H](C)C(=O)NC(C)(C)C)cc1. The number of carbonyl (C=O) groups excluding carboxylic acids is 2. The predicted molar refractivity (Wildman–Crippen MR) is 128 cm³/mol. The van der Waals surface area contributed by atoms with Crippen LogP contribution >= 0.6 is 11.8 Å². The summed E-state index contributed by atoms with van der Waals surface area (Å²) in [6.07, 6.45) is 0.390. The highest BCUT2D eigenvalue weighted by Gasteiger charge is 2.28. The summed E-state index contributed by atoms with van der Waals surface area (Å²) >= 11 is 1.73. The Labute approximate surface area is 190 Å². The number of carbonyl (C=O) groups is 2. The van der Waals surface area contributed by atoms with E-state index in [1.54, 1.807) is 30.7 Å². The van der Waals surface area contributed by atoms with Gasteiger partial charge in [-0.15, -0.1) is 0 Å². The predicted octanol–water partition coefficient (Wildman–Crippen LogP) is 4.65. The van der Waals surface area contributed by atoms with Crippen LogP contribution in [0.15, 0.2) is 54.6 Å². The first-order valence-electron chi connectivity index (χ1n) is 10.6. The summed E-state index contributed by atoms with van der Waals surface area (Å²) in [7, 11) is 1.62. The van der Waals surface area contributed by atoms with Crippen LogP contribution in [0.4, 0.5) is 0 Å². The Kier molecular flexibility index (Phi) is 9.44. The van der Waals surface area contributed by atoms with E-state index in [9.17, 15) is 9.59 Å². The van der Waals surface area contributed by atoms with Crippen molar-refractivity contribution in [3.8, 4) is 5.75 Å². The fourth-order valence-electron chi connectivity index (χ4n) is 3.05. The average Bonchev–Trinajstić information content (AvgIpc) is 2.74. The van der Waals surface area contributed by atoms with Gasteiger partial charge in [-0.1, -0.05) is 42.5 Å². The molecule has 0 spiro atoms. The minimum Gasteiger partial charge on any atom is -0.497 e. The number of benzene rings is 2. The normalized spacial score (nSPS) is 12.2. The molecule has 168 valence electrons. The van der Waals surface area contributed by atoms with Crippen molar-refractivity contribution in [3.05, 3.63) is 65.7 Å². The van der Waals surface area contributed by atoms with Crippen molar-refractivity contribution in [2.75, 3.05) is 12.9 Å². The van der Waals surface area contributed by atoms with E-state index < -0.39 is 6.04 Å². The van der Waals surface area contributed by atoms with Crippen molar-refractivity contribution in [3.63, 3.8) is 0 Å². The second-order valence-electron chi connectivity index (χ2n) is 8.57. The third-order valence-corrected chi connectivity index (χ3v) is 5.78. The summed E-state index contributed by atoms with van der Waals surface area (Å²) in [5, 5.41) is 2.99. The molecule has 0 heterocycles. The number of ether oxygens (including phenoxy) is 1. The zero-order chi connectivity index (χ0) is 22.9. The molecule has 0 radical (unpaired) electrons. The average molecular weight is 443 g/mol. The minimum atomic E-state index is -0.562. The molecule has 6 heteroatoms. The van der Waals surface area contributed by atoms with E-state index in [1.807, 2.05) is 63.2 Å². The molecule has 2 aromatic rings. The maximum Gasteiger partial charge on any atom is 0.242 e. The molecule has 31 heavy (non-hydrogen) atoms. The van der Waals surface area contributed by atoms with Crippen molar-refractivity contribution in [1.29, 1.82) is 0 Å². The Hall–Kier alpha value is -2.47. The quantitative estimate of drug-likeness (QED) is 0.544. The van der Waals surface area contributed by atoms with E-state index in [-0.39, 0.29) is 17.4 Å². The molecule has 0 saturated carbocycles. The van der Waals surface area contributed by atoms with E-state index in [0.717, 1.165) is 17.1 Å². The lowest BCUT2D eigenvalue weighted by atomic mass is 10.1. The number of nitrogens with zero attached hydrogens (tertiary/aromatic N) is 1. The fourth-order valence-corrected chi connectivity index (χ4v) is 3.94. The highest BCUT2D eigenvalue weighted by Crippen LogP contribution is 2.18. The number of amides is 2. The molecular weight excluding hydrogens is 408 g/mol. The largest absolute Gasteiger partial charge is 0.497 e. The van der Waals surface area contributed by atoms with E-state index in [1.165, 1.54) is 5.56 Å². The lowest BCUT2D eigenvalue weighted by Crippen LogP contribution is -2.52. The molecule has 0 saturated heterocycles. The third-order valence-electron chi connectivity index (χ3n) is 4.75. The Balaban J connectivity index is 2.03. The fraction of sp³-hybridized carbons (Fsp3) is 0.440. The van der Waals surface area contributed by atoms with Gasteiger partial charge < -0.3 is 15.0 Å². The monoisotopic (exact) mass is 442 g/mol. The number of thioether (sulfide) groups is 1. The highest BCUT2D eigenvalue weighted by atomic mass is 32.2. The molecule has 5 nitrogen and oxygen atoms in total. The summed E-state index contributed by atoms with van der Waals surface area (Å²) in [6.45, 7) is 7.99. The van der Waals surface area contributed by atoms with E-state index >= 15 is 0 Å². The van der Waals surface area contributed by atoms with Crippen LogP contribution in [0, 0.1) is 0 Å². The van der Waals surface area contributed by atoms with Gasteiger partial charge >= 0.3 is 0 Å². The molecular formula is C25H34N2O3S. The molecule has 2 amide bonds. The van der Waals surface area contributed by atoms with Crippen LogP contribution in [0.1, 0.15) is 45.2 Å². The standard InChI is InChI=1S/C25H34N2O3S/c1-19(24(29)26-25(2,3)4)27(17-20-11-13-22(30-5)14-12-20)23(28)15-16-31-18-21-9-7-6-8-10-21/h6-14,19H,15-18H2,1-5H3,(H,26,29)/t19-/m0/s1. The Morgan fingerprint density at radius 3 is 2.26 bits per heavy atom. The van der Waals surface area contributed by atoms with Crippen LogP contribution in [0.25, 0.3) is 0 Å². The van der Waals surface area contributed by atoms with Crippen LogP contribution in [0.5, 0.6) is 5.75 Å². The van der Waals surface area contributed by atoms with Gasteiger partial charge in [0.25, 0.3) is 0 Å². The second-order valence-corrected chi connectivity index (χ2v) is 9.68. The van der Waals surface area contributed by atoms with Crippen LogP contribution < -0.4 is 10.1 Å². The van der Waals surface area contributed by atoms with Crippen LogP contribution in [0.2, 0.25) is 0 Å². The maximum atomic E-state index is 13.1. The van der Waals surface area contributed by atoms with Crippen molar-refractivity contribution < 1.29 is 14.3 Å². The molecule has 0 aliphatic heterocycles. The summed E-state index contributed by atoms with van der Waals surface area (Å²) < 4.78 is 5.22. The van der Waals surface area contributed by atoms with Gasteiger partial charge in [0.1, 0.15) is 11.8 Å². The first-order chi connectivity index (χ1) is 14.7. The van der Waals surface area contributed by atoms with Gasteiger partial charge in [-0.3, -0.25) is 9.59 Å². The first kappa shape index (κ1) is 24.8. The molecule has 2 aromatic carbocycles. The van der Waals surface area contributed by atoms with Crippen molar-refractivity contribution in [2.45, 2.75) is 58.0 Å². The molecule has 1 N–H and O–H groups in total. The number of hydrogen-bond acceptors (Lipinski definition) is 4. The van der Waals surface area contributed by atoms with Gasteiger partial charge in [-0.2, -0.15) is 11.8 Å². The maximum absolute atomic E-state index is 13.1. The van der Waals surface area contributed by atoms with E-state index in [0.29, 0.717) is 18.7 Å². The molecule has 0 aromatic heterocycles. The van der Waals surface area contributed by atoms with Crippen molar-refractivity contribution in [2.24, 2.45) is 0 Å². The smallest absolute Gasteiger partial charge is 0.242 e. The number of nitrogens with one attached hydrogen (secondary N) is 1. The molecule has 0 unspecified atom stereocenters. The molecule has 0 fully saturated rings. The molecule has 0 aliphatic rings. The van der Waals surface area contributed by atoms with E-state index in [4.69, 9.17) is 4.74 Å². The van der Waals surface area contributed by atoms with Gasteiger partial charge in [0.05, 0.1) is 7.11 Å². The molecule has 2 rings (SSSR count). The summed E-state index contributed by atoms with van der Waals surface area (Å²) in [6, 6.07) is 17.2. The molecule has 1 atom stereocenters. The molecule has 0 bridgehead atoms. The van der Waals surface area contributed by atoms with Gasteiger partial charge in [-0.25, -0.2) is 0 Å². The summed E-state index contributed by atoms with van der Waals surface area (Å²) in [5.74, 6) is 2.17. The zero-order valence-electron chi connectivity index (χ0n) is 19.2. The second kappa shape index (κ2) is 11.8. The minimum absolute atomic E-state index is 0.0204. The van der Waals surface area contributed by atoms with Crippen LogP contribution in [0.3, 0.4) is 0 Å². The Morgan fingerprint density at radius 2 is 1.68 bits per heavy atom. The number of hydrogen-bond donors (Lipinski definition) is 1. The number of rotatable bonds is 10. The molecule has 0 aliphatic carbocycles. The van der Waals surface area contributed by atoms with Crippen molar-refractivity contribution in [1.82, 2.24) is 10.2 Å². The first-order valence-corrected chi connectivity index (χ1v) is 11.7. The Bertz CT molecular complexity index is 832. The van der Waals surface area contributed by atoms with Crippen LogP contribution in [-0.2, 0) is 21.9 Å². The third kappa shape index (κ3) is 8.66. The highest BCUT2D eigenvalue weighted by molar-refractivity contribution is 7.98. The lowest BCUT2D eigenvalue weighted by molar-refractivity contribution is -0.140. The van der Waals surface area contributed by atoms with Gasteiger partial charge in [0.15, 0.2) is 0 Å². The van der Waals surface area contributed by atoms with Crippen LogP contribution in [-0.4, -0.2) is 41.2 Å². The van der Waals surface area contributed by atoms with Gasteiger partial charge in [0.2, 0.25) is 11.8 Å². The van der Waals surface area contributed by atoms with Gasteiger partial charge in [-0.05, 0) is 51.0 Å². The van der Waals surface area contributed by atoms with E-state index in [2.05, 4.69) is 17.4 Å². The topological polar surface area (TPSA) is 58.6 Å². The Morgan fingerprint density at radius 1 is 1.03 bits per heavy atom. The van der Waals surface area contributed by atoms with Gasteiger partial charge in [0, 0.05) is 30.0 Å². The lowest BCUT2D eigenvalue weighted by Gasteiger charge is -2.31. The summed E-state index contributed by atoms with van der Waals surface area (Å²) in [5.41, 5.74) is 1.85. The summed E-state index contributed by atoms with van der Waals surface area (Å²) in [4.78, 5) is 27.6. The number of methoxy groups -OCH3 is 1. The van der Waals surface area contributed by atoms with Crippen molar-refractivity contribution >= 4 is 23.6 Å². The zero-order valence-corrected chi connectivity index (χ0v) is 20.0.